The van der Waals surface area contributed by atoms with Crippen molar-refractivity contribution in [1.29, 1.82) is 5.26 Å². The first kappa shape index (κ1) is 16.8. The van der Waals surface area contributed by atoms with E-state index >= 15 is 0 Å². The van der Waals surface area contributed by atoms with Crippen LogP contribution in [0.25, 0.3) is 0 Å². The van der Waals surface area contributed by atoms with Gasteiger partial charge >= 0.3 is 0 Å². The first-order valence-corrected chi connectivity index (χ1v) is 8.26. The maximum Gasteiger partial charge on any atom is 0.254 e. The van der Waals surface area contributed by atoms with Gasteiger partial charge in [0.25, 0.3) is 5.91 Å². The zero-order chi connectivity index (χ0) is 18.0. The molecule has 0 saturated carbocycles. The Balaban J connectivity index is 1.78. The van der Waals surface area contributed by atoms with Crippen molar-refractivity contribution in [1.82, 2.24) is 4.90 Å². The predicted molar refractivity (Wildman–Crippen MR) is 96.2 cm³/mol. The lowest BCUT2D eigenvalue weighted by atomic mass is 10.0. The standard InChI is InChI=1S/C20H21N3O2/c1-13-6-7-14(2)18(8-13)20(24)23-11-15(10-21)19(12-23)25-17-5-3-4-16(22)9-17/h3-9,15,19H,11-12,22H2,1-2H3/t15-,19-/m0/s1. The minimum atomic E-state index is -0.365. The van der Waals surface area contributed by atoms with Crippen molar-refractivity contribution in [2.24, 2.45) is 5.92 Å². The van der Waals surface area contributed by atoms with Gasteiger partial charge in [-0.05, 0) is 37.6 Å². The van der Waals surface area contributed by atoms with E-state index in [2.05, 4.69) is 6.07 Å². The lowest BCUT2D eigenvalue weighted by molar-refractivity contribution is 0.0771. The molecule has 2 aromatic rings. The molecule has 128 valence electrons. The van der Waals surface area contributed by atoms with Crippen LogP contribution in [0.3, 0.4) is 0 Å². The first-order chi connectivity index (χ1) is 12.0. The smallest absolute Gasteiger partial charge is 0.254 e. The lowest BCUT2D eigenvalue weighted by Crippen LogP contribution is -2.31. The molecule has 1 heterocycles. The Bertz CT molecular complexity index is 841. The Hall–Kier alpha value is -3.00. The number of anilines is 1. The van der Waals surface area contributed by atoms with E-state index in [1.807, 2.05) is 32.0 Å². The van der Waals surface area contributed by atoms with Crippen molar-refractivity contribution in [3.8, 4) is 11.8 Å². The van der Waals surface area contributed by atoms with Crippen LogP contribution >= 0.6 is 0 Å². The summed E-state index contributed by atoms with van der Waals surface area (Å²) >= 11 is 0. The molecule has 2 aromatic carbocycles. The highest BCUT2D eigenvalue weighted by Crippen LogP contribution is 2.26. The number of carbonyl (C=O) groups is 1. The number of nitrogen functional groups attached to an aromatic ring is 1. The average Bonchev–Trinajstić information content (AvgIpc) is 2.99. The molecule has 1 saturated heterocycles. The molecule has 1 amide bonds. The summed E-state index contributed by atoms with van der Waals surface area (Å²) in [6.45, 7) is 4.64. The zero-order valence-corrected chi connectivity index (χ0v) is 14.4. The molecule has 3 rings (SSSR count). The van der Waals surface area contributed by atoms with Crippen LogP contribution < -0.4 is 10.5 Å². The third-order valence-electron chi connectivity index (χ3n) is 4.49. The maximum atomic E-state index is 12.9. The Morgan fingerprint density at radius 2 is 2.04 bits per heavy atom. The topological polar surface area (TPSA) is 79.3 Å². The van der Waals surface area contributed by atoms with Gasteiger partial charge in [0.15, 0.2) is 0 Å². The van der Waals surface area contributed by atoms with E-state index < -0.39 is 0 Å². The number of benzene rings is 2. The summed E-state index contributed by atoms with van der Waals surface area (Å²) in [5.41, 5.74) is 9.03. The van der Waals surface area contributed by atoms with Gasteiger partial charge in [-0.3, -0.25) is 4.79 Å². The molecule has 0 bridgehead atoms. The molecule has 1 aliphatic rings. The number of likely N-dealkylation sites (tertiary alicyclic amines) is 1. The summed E-state index contributed by atoms with van der Waals surface area (Å²) in [5, 5.41) is 9.45. The molecule has 0 aliphatic carbocycles. The van der Waals surface area contributed by atoms with Crippen molar-refractivity contribution in [3.63, 3.8) is 0 Å². The molecular formula is C20H21N3O2. The quantitative estimate of drug-likeness (QED) is 0.875. The van der Waals surface area contributed by atoms with E-state index in [-0.39, 0.29) is 17.9 Å². The van der Waals surface area contributed by atoms with Crippen molar-refractivity contribution in [2.45, 2.75) is 20.0 Å². The van der Waals surface area contributed by atoms with Crippen molar-refractivity contribution < 1.29 is 9.53 Å². The first-order valence-electron chi connectivity index (χ1n) is 8.26. The SMILES string of the molecule is Cc1ccc(C)c(C(=O)N2C[C@H](Oc3cccc(N)c3)[C@@H](C#N)C2)c1. The summed E-state index contributed by atoms with van der Waals surface area (Å²) in [6, 6.07) is 15.2. The fourth-order valence-electron chi connectivity index (χ4n) is 3.08. The van der Waals surface area contributed by atoms with E-state index in [4.69, 9.17) is 10.5 Å². The zero-order valence-electron chi connectivity index (χ0n) is 14.4. The van der Waals surface area contributed by atoms with Gasteiger partial charge in [-0.15, -0.1) is 0 Å². The largest absolute Gasteiger partial charge is 0.487 e. The Morgan fingerprint density at radius 1 is 1.24 bits per heavy atom. The van der Waals surface area contributed by atoms with E-state index in [0.717, 1.165) is 11.1 Å². The van der Waals surface area contributed by atoms with Crippen LogP contribution in [0.15, 0.2) is 42.5 Å². The number of nitrogens with two attached hydrogens (primary N) is 1. The number of aryl methyl sites for hydroxylation is 2. The number of rotatable bonds is 3. The van der Waals surface area contributed by atoms with Gasteiger partial charge in [-0.2, -0.15) is 5.26 Å². The van der Waals surface area contributed by atoms with Gasteiger partial charge < -0.3 is 15.4 Å². The summed E-state index contributed by atoms with van der Waals surface area (Å²) < 4.78 is 5.93. The van der Waals surface area contributed by atoms with E-state index in [1.54, 1.807) is 29.2 Å². The Kier molecular flexibility index (Phi) is 4.62. The monoisotopic (exact) mass is 335 g/mol. The predicted octanol–water partition coefficient (Wildman–Crippen LogP) is 2.93. The van der Waals surface area contributed by atoms with E-state index in [0.29, 0.717) is 30.1 Å². The third-order valence-corrected chi connectivity index (χ3v) is 4.49. The van der Waals surface area contributed by atoms with Crippen LogP contribution in [0.5, 0.6) is 5.75 Å². The Morgan fingerprint density at radius 3 is 2.76 bits per heavy atom. The fourth-order valence-corrected chi connectivity index (χ4v) is 3.08. The molecule has 5 heteroatoms. The molecular weight excluding hydrogens is 314 g/mol. The van der Waals surface area contributed by atoms with Gasteiger partial charge in [0.1, 0.15) is 17.8 Å². The van der Waals surface area contributed by atoms with E-state index in [9.17, 15) is 10.1 Å². The minimum absolute atomic E-state index is 0.0554. The second-order valence-electron chi connectivity index (χ2n) is 6.49. The number of ether oxygens (including phenoxy) is 1. The molecule has 0 unspecified atom stereocenters. The highest BCUT2D eigenvalue weighted by Gasteiger charge is 2.37. The summed E-state index contributed by atoms with van der Waals surface area (Å²) in [5.74, 6) is 0.196. The molecule has 0 spiro atoms. The van der Waals surface area contributed by atoms with Gasteiger partial charge in [0, 0.05) is 23.9 Å². The highest BCUT2D eigenvalue weighted by atomic mass is 16.5. The van der Waals surface area contributed by atoms with Gasteiger partial charge in [-0.25, -0.2) is 0 Å². The number of hydrogen-bond donors (Lipinski definition) is 1. The second-order valence-corrected chi connectivity index (χ2v) is 6.49. The van der Waals surface area contributed by atoms with Crippen molar-refractivity contribution >= 4 is 11.6 Å². The molecule has 5 nitrogen and oxygen atoms in total. The highest BCUT2D eigenvalue weighted by molar-refractivity contribution is 5.96. The van der Waals surface area contributed by atoms with Crippen LogP contribution in [0.4, 0.5) is 5.69 Å². The van der Waals surface area contributed by atoms with Crippen LogP contribution in [0, 0.1) is 31.1 Å². The molecule has 2 atom stereocenters. The van der Waals surface area contributed by atoms with Crippen LogP contribution in [0.1, 0.15) is 21.5 Å². The van der Waals surface area contributed by atoms with Gasteiger partial charge in [0.2, 0.25) is 0 Å². The molecule has 0 aromatic heterocycles. The van der Waals surface area contributed by atoms with Crippen molar-refractivity contribution in [2.75, 3.05) is 18.8 Å². The Labute approximate surface area is 147 Å². The molecule has 1 fully saturated rings. The molecule has 25 heavy (non-hydrogen) atoms. The summed E-state index contributed by atoms with van der Waals surface area (Å²) in [6.07, 6.45) is -0.360. The van der Waals surface area contributed by atoms with Gasteiger partial charge in [0.05, 0.1) is 12.6 Å². The lowest BCUT2D eigenvalue weighted by Gasteiger charge is -2.18. The molecule has 2 N–H and O–H groups in total. The number of amides is 1. The van der Waals surface area contributed by atoms with Crippen LogP contribution in [0.2, 0.25) is 0 Å². The number of hydrogen-bond acceptors (Lipinski definition) is 4. The van der Waals surface area contributed by atoms with E-state index in [1.165, 1.54) is 0 Å². The third kappa shape index (κ3) is 3.58. The number of nitrogens with zero attached hydrogens (tertiary/aromatic N) is 2. The van der Waals surface area contributed by atoms with Crippen LogP contribution in [-0.4, -0.2) is 30.0 Å². The van der Waals surface area contributed by atoms with Crippen LogP contribution in [-0.2, 0) is 0 Å². The normalized spacial score (nSPS) is 19.5. The minimum Gasteiger partial charge on any atom is -0.487 e. The maximum absolute atomic E-state index is 12.9. The fraction of sp³-hybridized carbons (Fsp3) is 0.300. The molecule has 1 aliphatic heterocycles. The molecule has 0 radical (unpaired) electrons. The van der Waals surface area contributed by atoms with Crippen molar-refractivity contribution in [3.05, 3.63) is 59.2 Å². The number of nitriles is 1. The summed E-state index contributed by atoms with van der Waals surface area (Å²) in [7, 11) is 0. The van der Waals surface area contributed by atoms with Gasteiger partial charge in [-0.1, -0.05) is 23.8 Å². The summed E-state index contributed by atoms with van der Waals surface area (Å²) in [4.78, 5) is 14.6. The second kappa shape index (κ2) is 6.86. The average molecular weight is 335 g/mol. The number of carbonyl (C=O) groups excluding carboxylic acids is 1.